The van der Waals surface area contributed by atoms with E-state index in [0.717, 1.165) is 120 Å². The first-order valence-corrected chi connectivity index (χ1v) is 26.0. The van der Waals surface area contributed by atoms with Crippen molar-refractivity contribution in [2.24, 2.45) is 5.41 Å². The molecule has 1 spiro atoms. The third-order valence-corrected chi connectivity index (χ3v) is 16.6. The fraction of sp³-hybridized carbons (Fsp3) is 0.451. The second-order valence-corrected chi connectivity index (χ2v) is 21.4. The Balaban J connectivity index is 0.846. The number of H-pyrrole nitrogens is 1. The van der Waals surface area contributed by atoms with Gasteiger partial charge in [-0.05, 0) is 123 Å². The van der Waals surface area contributed by atoms with Gasteiger partial charge in [0.1, 0.15) is 22.8 Å². The molecule has 10 rings (SSSR count). The molecule has 0 radical (unpaired) electrons. The summed E-state index contributed by atoms with van der Waals surface area (Å²) in [7, 11) is -4.57. The number of hydrogen-bond acceptors (Lipinski definition) is 12. The molecular weight excluding hydrogens is 904 g/mol. The Labute approximate surface area is 402 Å². The van der Waals surface area contributed by atoms with E-state index in [1.165, 1.54) is 55.4 Å². The van der Waals surface area contributed by atoms with Crippen LogP contribution >= 0.6 is 11.6 Å². The highest BCUT2D eigenvalue weighted by Gasteiger charge is 2.39. The molecule has 0 unspecified atom stereocenters. The molecule has 3 aromatic carbocycles. The lowest BCUT2D eigenvalue weighted by Crippen LogP contribution is -2.47. The van der Waals surface area contributed by atoms with E-state index in [2.05, 4.69) is 46.8 Å². The van der Waals surface area contributed by atoms with Gasteiger partial charge in [0.25, 0.3) is 21.6 Å². The number of nitrogens with one attached hydrogen (secondary N) is 3. The number of pyridine rings is 1. The first-order chi connectivity index (χ1) is 33.0. The van der Waals surface area contributed by atoms with Crippen LogP contribution in [0.25, 0.3) is 16.6 Å². The Hall–Kier alpha value is -5.52. The van der Waals surface area contributed by atoms with Crippen LogP contribution in [0.15, 0.2) is 95.7 Å². The zero-order valence-electron chi connectivity index (χ0n) is 38.3. The molecule has 2 aliphatic heterocycles. The van der Waals surface area contributed by atoms with E-state index in [1.54, 1.807) is 36.2 Å². The number of hydrogen-bond donors (Lipinski definition) is 3. The number of rotatable bonds is 13. The molecule has 2 aromatic heterocycles. The second kappa shape index (κ2) is 19.8. The summed E-state index contributed by atoms with van der Waals surface area (Å²) in [6.07, 6.45) is 15.6. The highest BCUT2D eigenvalue weighted by molar-refractivity contribution is 7.90. The molecule has 358 valence electrons. The van der Waals surface area contributed by atoms with Crippen LogP contribution in [0.3, 0.4) is 0 Å². The number of carbonyl (C=O) groups is 1. The summed E-state index contributed by atoms with van der Waals surface area (Å²) in [5, 5.41) is 17.2. The maximum atomic E-state index is 14.1. The zero-order valence-corrected chi connectivity index (χ0v) is 39.8. The number of nitro groups is 1. The Bertz CT molecular complexity index is 2790. The van der Waals surface area contributed by atoms with Gasteiger partial charge in [-0.1, -0.05) is 42.1 Å². The minimum atomic E-state index is -4.57. The van der Waals surface area contributed by atoms with E-state index in [1.807, 2.05) is 24.3 Å². The molecule has 4 heterocycles. The summed E-state index contributed by atoms with van der Waals surface area (Å²) in [6.45, 7) is 7.36. The van der Waals surface area contributed by atoms with Crippen LogP contribution in [-0.2, 0) is 14.8 Å². The number of aromatic nitrogens is 2. The maximum Gasteiger partial charge on any atom is 0.293 e. The Morgan fingerprint density at radius 2 is 1.69 bits per heavy atom. The fourth-order valence-electron chi connectivity index (χ4n) is 11.4. The number of amides is 1. The minimum Gasteiger partial charge on any atom is -0.455 e. The number of halogens is 1. The summed E-state index contributed by atoms with van der Waals surface area (Å²) in [5.74, 6) is -0.433. The quantitative estimate of drug-likeness (QED) is 0.0755. The SMILES string of the molecule is O=C(NS(=O)(=O)c1ccc(N[C@H]2CC[C@H](N3CCOCC3)CC2)c([N+](=O)[O-])c1)c1ccc(N2CCN(CC3=C(c4ccc(Cl)cc4)CCC4(CCCC4)C3)CC2)cc1Oc1cnc2[nH]ccc2c1. The fourth-order valence-corrected chi connectivity index (χ4v) is 12.5. The lowest BCUT2D eigenvalue weighted by atomic mass is 9.69. The van der Waals surface area contributed by atoms with Crippen molar-refractivity contribution >= 4 is 61.2 Å². The first-order valence-electron chi connectivity index (χ1n) is 24.1. The van der Waals surface area contributed by atoms with Crippen molar-refractivity contribution in [3.8, 4) is 11.5 Å². The van der Waals surface area contributed by atoms with Crippen LogP contribution in [0.2, 0.25) is 5.02 Å². The molecule has 68 heavy (non-hydrogen) atoms. The normalized spacial score (nSPS) is 21.6. The molecule has 17 heteroatoms. The van der Waals surface area contributed by atoms with E-state index in [9.17, 15) is 23.3 Å². The topological polar surface area (TPSA) is 175 Å². The van der Waals surface area contributed by atoms with Crippen molar-refractivity contribution in [1.82, 2.24) is 24.5 Å². The summed E-state index contributed by atoms with van der Waals surface area (Å²) < 4.78 is 41.8. The zero-order chi connectivity index (χ0) is 46.8. The average Bonchev–Trinajstić information content (AvgIpc) is 4.02. The molecule has 1 amide bonds. The molecule has 0 bridgehead atoms. The Morgan fingerprint density at radius 3 is 2.44 bits per heavy atom. The predicted molar refractivity (Wildman–Crippen MR) is 264 cm³/mol. The van der Waals surface area contributed by atoms with Gasteiger partial charge >= 0.3 is 0 Å². The van der Waals surface area contributed by atoms with Crippen molar-refractivity contribution in [2.75, 3.05) is 69.2 Å². The number of anilines is 2. The number of nitro benzene ring substituents is 1. The van der Waals surface area contributed by atoms with Gasteiger partial charge in [-0.3, -0.25) is 24.7 Å². The number of carbonyl (C=O) groups excluding carboxylic acids is 1. The van der Waals surface area contributed by atoms with Crippen molar-refractivity contribution in [3.05, 3.63) is 117 Å². The third kappa shape index (κ3) is 10.3. The van der Waals surface area contributed by atoms with Crippen LogP contribution < -0.4 is 19.7 Å². The number of ether oxygens (including phenoxy) is 2. The van der Waals surface area contributed by atoms with Crippen molar-refractivity contribution in [3.63, 3.8) is 0 Å². The standard InChI is InChI=1S/C51H59ClN8O7S/c52-38-5-3-35(4-6-38)44-15-19-51(17-1-2-18-51)32-37(44)34-57-21-23-58(24-22-57)41-11-13-45(48(30-41)67-42-29-36-16-20-53-49(36)54-33-42)50(61)56-68(64,65)43-12-14-46(47(31-43)60(62)63)55-39-7-9-40(10-8-39)59-25-27-66-28-26-59/h3-6,11-14,16,20,29-31,33,39-40,55H,1-2,7-10,15,17-19,21-28,32,34H2,(H,53,54)(H,56,61)/t39-,40-. The van der Waals surface area contributed by atoms with Gasteiger partial charge in [-0.2, -0.15) is 0 Å². The summed E-state index contributed by atoms with van der Waals surface area (Å²) in [6, 6.07) is 21.3. The lowest BCUT2D eigenvalue weighted by molar-refractivity contribution is -0.384. The Morgan fingerprint density at radius 1 is 0.926 bits per heavy atom. The van der Waals surface area contributed by atoms with E-state index in [4.69, 9.17) is 21.1 Å². The van der Waals surface area contributed by atoms with Gasteiger partial charge in [-0.15, -0.1) is 0 Å². The Kier molecular flexibility index (Phi) is 13.5. The van der Waals surface area contributed by atoms with Crippen LogP contribution in [0.5, 0.6) is 11.5 Å². The molecule has 5 aliphatic rings. The highest BCUT2D eigenvalue weighted by Crippen LogP contribution is 2.52. The van der Waals surface area contributed by atoms with Gasteiger partial charge in [0.2, 0.25) is 0 Å². The van der Waals surface area contributed by atoms with Crippen LogP contribution in [0.4, 0.5) is 17.1 Å². The number of piperazine rings is 1. The van der Waals surface area contributed by atoms with Gasteiger partial charge in [0.05, 0.1) is 34.8 Å². The molecule has 2 saturated carbocycles. The van der Waals surface area contributed by atoms with Gasteiger partial charge in [0, 0.05) is 92.3 Å². The van der Waals surface area contributed by atoms with E-state index < -0.39 is 25.7 Å². The number of nitrogens with zero attached hydrogens (tertiary/aromatic N) is 5. The number of fused-ring (bicyclic) bond motifs is 1. The molecule has 15 nitrogen and oxygen atoms in total. The van der Waals surface area contributed by atoms with E-state index >= 15 is 0 Å². The van der Waals surface area contributed by atoms with Crippen molar-refractivity contribution in [2.45, 2.75) is 87.6 Å². The van der Waals surface area contributed by atoms with Gasteiger partial charge < -0.3 is 24.7 Å². The van der Waals surface area contributed by atoms with Crippen LogP contribution in [0, 0.1) is 15.5 Å². The monoisotopic (exact) mass is 962 g/mol. The summed E-state index contributed by atoms with van der Waals surface area (Å²) in [5.41, 5.74) is 6.02. The summed E-state index contributed by atoms with van der Waals surface area (Å²) >= 11 is 6.30. The maximum absolute atomic E-state index is 14.1. The molecule has 5 aromatic rings. The van der Waals surface area contributed by atoms with Gasteiger partial charge in [0.15, 0.2) is 0 Å². The lowest BCUT2D eigenvalue weighted by Gasteiger charge is -2.41. The molecule has 3 aliphatic carbocycles. The molecular formula is C51H59ClN8O7S. The average molecular weight is 964 g/mol. The smallest absolute Gasteiger partial charge is 0.293 e. The van der Waals surface area contributed by atoms with E-state index in [0.29, 0.717) is 22.9 Å². The molecule has 0 atom stereocenters. The van der Waals surface area contributed by atoms with E-state index in [-0.39, 0.29) is 28.7 Å². The molecule has 2 saturated heterocycles. The predicted octanol–water partition coefficient (Wildman–Crippen LogP) is 9.41. The minimum absolute atomic E-state index is 0.00364. The summed E-state index contributed by atoms with van der Waals surface area (Å²) in [4.78, 5) is 40.2. The number of morpholine rings is 1. The number of allylic oxidation sites excluding steroid dienone is 1. The van der Waals surface area contributed by atoms with Crippen molar-refractivity contribution < 1.29 is 27.6 Å². The largest absolute Gasteiger partial charge is 0.455 e. The first kappa shape index (κ1) is 46.2. The van der Waals surface area contributed by atoms with Crippen molar-refractivity contribution in [1.29, 1.82) is 0 Å². The third-order valence-electron chi connectivity index (χ3n) is 15.1. The number of sulfonamides is 1. The van der Waals surface area contributed by atoms with Crippen LogP contribution in [0.1, 0.15) is 86.6 Å². The number of aromatic amines is 1. The number of benzene rings is 3. The molecule has 3 N–H and O–H groups in total. The molecule has 4 fully saturated rings. The highest BCUT2D eigenvalue weighted by atomic mass is 35.5. The van der Waals surface area contributed by atoms with Crippen LogP contribution in [-0.4, -0.2) is 110 Å². The van der Waals surface area contributed by atoms with Gasteiger partial charge in [-0.25, -0.2) is 18.1 Å². The second-order valence-electron chi connectivity index (χ2n) is 19.3.